The van der Waals surface area contributed by atoms with Crippen LogP contribution in [-0.4, -0.2) is 25.2 Å². The van der Waals surface area contributed by atoms with Crippen molar-refractivity contribution >= 4 is 31.6 Å². The summed E-state index contributed by atoms with van der Waals surface area (Å²) in [4.78, 5) is 12.3. The lowest BCUT2D eigenvalue weighted by Crippen LogP contribution is -2.35. The third-order valence-electron chi connectivity index (χ3n) is 3.76. The third-order valence-corrected chi connectivity index (χ3v) is 5.11. The van der Waals surface area contributed by atoms with E-state index in [0.29, 0.717) is 0 Å². The molecule has 0 saturated carbocycles. The predicted molar refractivity (Wildman–Crippen MR) is 82.5 cm³/mol. The van der Waals surface area contributed by atoms with E-state index in [9.17, 15) is 4.79 Å². The van der Waals surface area contributed by atoms with Gasteiger partial charge in [-0.25, -0.2) is 0 Å². The molecule has 1 atom stereocenters. The predicted octanol–water partition coefficient (Wildman–Crippen LogP) is 1.96. The van der Waals surface area contributed by atoms with Crippen molar-refractivity contribution in [3.63, 3.8) is 0 Å². The lowest BCUT2D eigenvalue weighted by Gasteiger charge is -2.23. The van der Waals surface area contributed by atoms with Gasteiger partial charge in [-0.05, 0) is 43.7 Å². The highest BCUT2D eigenvalue weighted by Crippen LogP contribution is 2.26. The Labute approximate surface area is 115 Å². The van der Waals surface area contributed by atoms with Gasteiger partial charge < -0.3 is 10.6 Å². The average molecular weight is 274 g/mol. The molecular weight excluding hydrogens is 255 g/mol. The minimum atomic E-state index is 0.166. The Balaban J connectivity index is 1.76. The number of amides is 1. The van der Waals surface area contributed by atoms with Crippen LogP contribution in [0.25, 0.3) is 6.08 Å². The Hall–Kier alpha value is -1.18. The van der Waals surface area contributed by atoms with Gasteiger partial charge in [0.25, 0.3) is 0 Å². The quantitative estimate of drug-likeness (QED) is 0.809. The molecule has 1 unspecified atom stereocenters. The lowest BCUT2D eigenvalue weighted by atomic mass is 9.97. The molecule has 0 radical (unpaired) electrons. The molecule has 3 nitrogen and oxygen atoms in total. The largest absolute Gasteiger partial charge is 0.325 e. The Morgan fingerprint density at radius 3 is 3.00 bits per heavy atom. The van der Waals surface area contributed by atoms with Gasteiger partial charge >= 0.3 is 0 Å². The van der Waals surface area contributed by atoms with Crippen LogP contribution in [0.1, 0.15) is 18.4 Å². The zero-order valence-electron chi connectivity index (χ0n) is 10.9. The van der Waals surface area contributed by atoms with Crippen molar-refractivity contribution in [1.82, 2.24) is 5.32 Å². The molecular formula is C15H19N2OP. The number of allylic oxidation sites excluding steroid dienone is 1. The zero-order chi connectivity index (χ0) is 13.1. The molecule has 1 saturated heterocycles. The second-order valence-corrected chi connectivity index (χ2v) is 6.33. The maximum Gasteiger partial charge on any atom is 0.227 e. The van der Waals surface area contributed by atoms with Gasteiger partial charge in [-0.2, -0.15) is 0 Å². The van der Waals surface area contributed by atoms with Gasteiger partial charge in [0, 0.05) is 16.9 Å². The van der Waals surface area contributed by atoms with Crippen LogP contribution >= 0.6 is 8.58 Å². The van der Waals surface area contributed by atoms with E-state index < -0.39 is 0 Å². The minimum Gasteiger partial charge on any atom is -0.325 e. The molecule has 1 aromatic carbocycles. The van der Waals surface area contributed by atoms with Crippen LogP contribution in [-0.2, 0) is 4.79 Å². The first kappa shape index (κ1) is 12.8. The second-order valence-electron chi connectivity index (χ2n) is 5.07. The van der Waals surface area contributed by atoms with Crippen LogP contribution < -0.4 is 15.9 Å². The van der Waals surface area contributed by atoms with Crippen LogP contribution in [0.5, 0.6) is 0 Å². The van der Waals surface area contributed by atoms with Gasteiger partial charge in [0.1, 0.15) is 0 Å². The first-order chi connectivity index (χ1) is 9.34. The molecule has 0 bridgehead atoms. The number of carbonyl (C=O) groups is 1. The Kier molecular flexibility index (Phi) is 3.95. The summed E-state index contributed by atoms with van der Waals surface area (Å²) >= 11 is 0. The van der Waals surface area contributed by atoms with Crippen molar-refractivity contribution in [2.75, 3.05) is 24.6 Å². The first-order valence-electron chi connectivity index (χ1n) is 6.89. The summed E-state index contributed by atoms with van der Waals surface area (Å²) in [5, 5.41) is 7.75. The summed E-state index contributed by atoms with van der Waals surface area (Å²) in [6.07, 6.45) is 7.35. The first-order valence-corrected chi connectivity index (χ1v) is 8.10. The Bertz CT molecular complexity index is 507. The summed E-state index contributed by atoms with van der Waals surface area (Å²) in [7, 11) is 0.766. The normalized spacial score (nSPS) is 20.2. The van der Waals surface area contributed by atoms with Crippen molar-refractivity contribution in [2.45, 2.75) is 12.8 Å². The van der Waals surface area contributed by atoms with E-state index in [1.807, 2.05) is 12.1 Å². The van der Waals surface area contributed by atoms with E-state index in [2.05, 4.69) is 28.9 Å². The van der Waals surface area contributed by atoms with Crippen LogP contribution in [0.3, 0.4) is 0 Å². The second kappa shape index (κ2) is 5.85. The number of piperidine rings is 1. The van der Waals surface area contributed by atoms with Gasteiger partial charge in [0.15, 0.2) is 0 Å². The van der Waals surface area contributed by atoms with Crippen LogP contribution in [0.4, 0.5) is 5.69 Å². The molecule has 2 N–H and O–H groups in total. The maximum atomic E-state index is 12.3. The number of hydrogen-bond acceptors (Lipinski definition) is 2. The molecule has 4 heteroatoms. The van der Waals surface area contributed by atoms with E-state index in [1.165, 1.54) is 10.9 Å². The third kappa shape index (κ3) is 2.88. The molecule has 19 heavy (non-hydrogen) atoms. The smallest absolute Gasteiger partial charge is 0.227 e. The SMILES string of the molecule is O=C(Nc1cccc2c1PCC=C2)C1CCNCC1. The van der Waals surface area contributed by atoms with Gasteiger partial charge in [-0.3, -0.25) is 4.79 Å². The van der Waals surface area contributed by atoms with Crippen molar-refractivity contribution in [2.24, 2.45) is 5.92 Å². The average Bonchev–Trinajstić information content (AvgIpc) is 2.48. The van der Waals surface area contributed by atoms with E-state index in [0.717, 1.165) is 46.4 Å². The van der Waals surface area contributed by atoms with Crippen LogP contribution in [0.2, 0.25) is 0 Å². The summed E-state index contributed by atoms with van der Waals surface area (Å²) in [6.45, 7) is 1.91. The van der Waals surface area contributed by atoms with Gasteiger partial charge in [-0.1, -0.05) is 32.9 Å². The molecule has 1 aromatic rings. The summed E-state index contributed by atoms with van der Waals surface area (Å²) in [6, 6.07) is 6.18. The number of benzene rings is 1. The highest BCUT2D eigenvalue weighted by atomic mass is 31.1. The Morgan fingerprint density at radius 1 is 1.32 bits per heavy atom. The molecule has 3 rings (SSSR count). The molecule has 0 aliphatic carbocycles. The number of nitrogens with one attached hydrogen (secondary N) is 2. The standard InChI is InChI=1S/C15H19N2OP/c18-15(12-6-8-16-9-7-12)17-13-5-1-3-11-4-2-10-19-14(11)13/h1-5,12,16,19H,6-10H2,(H,17,18). The maximum absolute atomic E-state index is 12.3. The van der Waals surface area contributed by atoms with Gasteiger partial charge in [0.05, 0.1) is 0 Å². The van der Waals surface area contributed by atoms with E-state index >= 15 is 0 Å². The highest BCUT2D eigenvalue weighted by molar-refractivity contribution is 7.48. The molecule has 100 valence electrons. The van der Waals surface area contributed by atoms with Gasteiger partial charge in [0.2, 0.25) is 5.91 Å². The minimum absolute atomic E-state index is 0.166. The molecule has 2 heterocycles. The molecule has 0 aromatic heterocycles. The number of rotatable bonds is 2. The fourth-order valence-electron chi connectivity index (χ4n) is 2.68. The fraction of sp³-hybridized carbons (Fsp3) is 0.400. The van der Waals surface area contributed by atoms with Crippen molar-refractivity contribution in [1.29, 1.82) is 0 Å². The molecule has 2 aliphatic heterocycles. The molecule has 1 fully saturated rings. The molecule has 2 aliphatic rings. The van der Waals surface area contributed by atoms with Crippen LogP contribution in [0, 0.1) is 5.92 Å². The van der Waals surface area contributed by atoms with Gasteiger partial charge in [-0.15, -0.1) is 0 Å². The number of hydrogen-bond donors (Lipinski definition) is 2. The fourth-order valence-corrected chi connectivity index (χ4v) is 3.82. The van der Waals surface area contributed by atoms with E-state index in [1.54, 1.807) is 0 Å². The van der Waals surface area contributed by atoms with Crippen LogP contribution in [0.15, 0.2) is 24.3 Å². The number of anilines is 1. The molecule has 0 spiro atoms. The number of carbonyl (C=O) groups excluding carboxylic acids is 1. The summed E-state index contributed by atoms with van der Waals surface area (Å²) in [5.41, 5.74) is 2.27. The highest BCUT2D eigenvalue weighted by Gasteiger charge is 2.22. The topological polar surface area (TPSA) is 41.1 Å². The van der Waals surface area contributed by atoms with E-state index in [4.69, 9.17) is 0 Å². The summed E-state index contributed by atoms with van der Waals surface area (Å²) < 4.78 is 0. The lowest BCUT2D eigenvalue weighted by molar-refractivity contribution is -0.120. The Morgan fingerprint density at radius 2 is 2.16 bits per heavy atom. The van der Waals surface area contributed by atoms with Crippen molar-refractivity contribution in [3.8, 4) is 0 Å². The van der Waals surface area contributed by atoms with Crippen molar-refractivity contribution in [3.05, 3.63) is 29.8 Å². The molecule has 1 amide bonds. The summed E-state index contributed by atoms with van der Waals surface area (Å²) in [5.74, 6) is 0.355. The number of fused-ring (bicyclic) bond motifs is 1. The monoisotopic (exact) mass is 274 g/mol. The van der Waals surface area contributed by atoms with E-state index in [-0.39, 0.29) is 11.8 Å². The van der Waals surface area contributed by atoms with Crippen molar-refractivity contribution < 1.29 is 4.79 Å². The zero-order valence-corrected chi connectivity index (χ0v) is 11.9.